The third-order valence-electron chi connectivity index (χ3n) is 5.15. The first kappa shape index (κ1) is 17.2. The normalized spacial score (nSPS) is 11.3. The predicted octanol–water partition coefficient (Wildman–Crippen LogP) is 3.96. The quantitative estimate of drug-likeness (QED) is 0.473. The summed E-state index contributed by atoms with van der Waals surface area (Å²) < 4.78 is 6.96. The van der Waals surface area contributed by atoms with Crippen molar-refractivity contribution in [2.24, 2.45) is 0 Å². The molecular formula is C23H17N3O3. The van der Waals surface area contributed by atoms with Crippen molar-refractivity contribution in [3.63, 3.8) is 0 Å². The van der Waals surface area contributed by atoms with Gasteiger partial charge in [0.05, 0.1) is 6.33 Å². The van der Waals surface area contributed by atoms with Crippen LogP contribution in [0.15, 0.2) is 82.3 Å². The molecule has 6 heteroatoms. The standard InChI is InChI=1S/C23H17N3O3/c1-25(17-11-10-15-6-2-3-7-16(15)12-17)20(27)13-26-14-24-21-18-8-4-5-9-19(18)29-22(21)23(26)28/h2-12,14H,13H2,1H3. The number of amides is 1. The van der Waals surface area contributed by atoms with Gasteiger partial charge in [0.1, 0.15) is 17.6 Å². The first-order valence-corrected chi connectivity index (χ1v) is 9.24. The number of anilines is 1. The first-order valence-electron chi connectivity index (χ1n) is 9.24. The van der Waals surface area contributed by atoms with Crippen LogP contribution in [0.2, 0.25) is 0 Å². The van der Waals surface area contributed by atoms with E-state index in [0.29, 0.717) is 11.1 Å². The minimum absolute atomic E-state index is 0.123. The molecule has 5 rings (SSSR count). The Hall–Kier alpha value is -3.93. The lowest BCUT2D eigenvalue weighted by molar-refractivity contribution is -0.118. The number of carbonyl (C=O) groups excluding carboxylic acids is 1. The van der Waals surface area contributed by atoms with Crippen molar-refractivity contribution in [2.45, 2.75) is 6.54 Å². The molecule has 3 aromatic carbocycles. The van der Waals surface area contributed by atoms with Crippen LogP contribution in [0.4, 0.5) is 5.69 Å². The second-order valence-corrected chi connectivity index (χ2v) is 6.94. The number of hydrogen-bond acceptors (Lipinski definition) is 4. The summed E-state index contributed by atoms with van der Waals surface area (Å²) in [7, 11) is 1.70. The van der Waals surface area contributed by atoms with Crippen molar-refractivity contribution < 1.29 is 9.21 Å². The zero-order chi connectivity index (χ0) is 20.0. The Morgan fingerprint density at radius 1 is 1.03 bits per heavy atom. The summed E-state index contributed by atoms with van der Waals surface area (Å²) in [5.41, 5.74) is 1.67. The smallest absolute Gasteiger partial charge is 0.297 e. The van der Waals surface area contributed by atoms with Crippen molar-refractivity contribution in [2.75, 3.05) is 11.9 Å². The van der Waals surface area contributed by atoms with E-state index in [1.807, 2.05) is 60.7 Å². The van der Waals surface area contributed by atoms with Crippen molar-refractivity contribution >= 4 is 44.4 Å². The van der Waals surface area contributed by atoms with Crippen molar-refractivity contribution in [1.29, 1.82) is 0 Å². The summed E-state index contributed by atoms with van der Waals surface area (Å²) in [6.07, 6.45) is 1.40. The number of hydrogen-bond donors (Lipinski definition) is 0. The molecule has 5 aromatic rings. The largest absolute Gasteiger partial charge is 0.448 e. The average Bonchev–Trinajstić information content (AvgIpc) is 3.14. The predicted molar refractivity (Wildman–Crippen MR) is 113 cm³/mol. The highest BCUT2D eigenvalue weighted by molar-refractivity contribution is 6.02. The van der Waals surface area contributed by atoms with Gasteiger partial charge in [0.15, 0.2) is 0 Å². The van der Waals surface area contributed by atoms with E-state index in [0.717, 1.165) is 21.8 Å². The fourth-order valence-electron chi connectivity index (χ4n) is 3.51. The van der Waals surface area contributed by atoms with E-state index in [9.17, 15) is 9.59 Å². The van der Waals surface area contributed by atoms with Crippen LogP contribution in [0, 0.1) is 0 Å². The summed E-state index contributed by atoms with van der Waals surface area (Å²) in [6, 6.07) is 21.1. The maximum atomic E-state index is 12.8. The molecule has 0 bridgehead atoms. The molecule has 0 atom stereocenters. The van der Waals surface area contributed by atoms with Crippen molar-refractivity contribution in [3.05, 3.63) is 83.4 Å². The molecule has 1 amide bonds. The van der Waals surface area contributed by atoms with E-state index in [1.54, 1.807) is 18.0 Å². The number of likely N-dealkylation sites (N-methyl/N-ethyl adjacent to an activating group) is 1. The zero-order valence-electron chi connectivity index (χ0n) is 15.7. The summed E-state index contributed by atoms with van der Waals surface area (Å²) >= 11 is 0. The van der Waals surface area contributed by atoms with E-state index in [4.69, 9.17) is 4.42 Å². The fraction of sp³-hybridized carbons (Fsp3) is 0.0870. The van der Waals surface area contributed by atoms with Gasteiger partial charge < -0.3 is 9.32 Å². The highest BCUT2D eigenvalue weighted by Gasteiger charge is 2.17. The van der Waals surface area contributed by atoms with Crippen LogP contribution >= 0.6 is 0 Å². The second-order valence-electron chi connectivity index (χ2n) is 6.94. The van der Waals surface area contributed by atoms with Crippen LogP contribution in [-0.2, 0) is 11.3 Å². The van der Waals surface area contributed by atoms with Gasteiger partial charge in [0, 0.05) is 18.1 Å². The van der Waals surface area contributed by atoms with E-state index >= 15 is 0 Å². The van der Waals surface area contributed by atoms with Gasteiger partial charge >= 0.3 is 0 Å². The zero-order valence-corrected chi connectivity index (χ0v) is 15.7. The molecule has 0 aliphatic carbocycles. The maximum Gasteiger partial charge on any atom is 0.297 e. The highest BCUT2D eigenvalue weighted by atomic mass is 16.3. The summed E-state index contributed by atoms with van der Waals surface area (Å²) in [5, 5.41) is 2.94. The van der Waals surface area contributed by atoms with Gasteiger partial charge in [0.25, 0.3) is 5.56 Å². The van der Waals surface area contributed by atoms with E-state index in [-0.39, 0.29) is 23.6 Å². The van der Waals surface area contributed by atoms with E-state index in [2.05, 4.69) is 4.98 Å². The first-order chi connectivity index (χ1) is 14.1. The fourth-order valence-corrected chi connectivity index (χ4v) is 3.51. The molecule has 29 heavy (non-hydrogen) atoms. The number of fused-ring (bicyclic) bond motifs is 4. The Labute approximate surface area is 165 Å². The van der Waals surface area contributed by atoms with Crippen LogP contribution in [0.25, 0.3) is 32.8 Å². The summed E-state index contributed by atoms with van der Waals surface area (Å²) in [6.45, 7) is -0.123. The molecule has 0 saturated heterocycles. The molecule has 2 aromatic heterocycles. The van der Waals surface area contributed by atoms with Gasteiger partial charge in [-0.15, -0.1) is 0 Å². The average molecular weight is 383 g/mol. The topological polar surface area (TPSA) is 68.3 Å². The number of nitrogens with zero attached hydrogens (tertiary/aromatic N) is 3. The molecule has 6 nitrogen and oxygen atoms in total. The lowest BCUT2D eigenvalue weighted by atomic mass is 10.1. The number of rotatable bonds is 3. The third kappa shape index (κ3) is 2.86. The van der Waals surface area contributed by atoms with E-state index < -0.39 is 0 Å². The molecule has 0 spiro atoms. The number of carbonyl (C=O) groups is 1. The van der Waals surface area contributed by atoms with E-state index in [1.165, 1.54) is 10.9 Å². The Morgan fingerprint density at radius 2 is 1.79 bits per heavy atom. The molecular weight excluding hydrogens is 366 g/mol. The second kappa shape index (κ2) is 6.60. The van der Waals surface area contributed by atoms with Crippen LogP contribution < -0.4 is 10.5 Å². The molecule has 0 aliphatic heterocycles. The molecule has 0 radical (unpaired) electrons. The number of benzene rings is 3. The Kier molecular flexibility index (Phi) is 3.91. The summed E-state index contributed by atoms with van der Waals surface area (Å²) in [5.74, 6) is -0.223. The van der Waals surface area contributed by atoms with Crippen molar-refractivity contribution in [3.8, 4) is 0 Å². The minimum Gasteiger partial charge on any atom is -0.448 e. The lowest BCUT2D eigenvalue weighted by Gasteiger charge is -2.18. The SMILES string of the molecule is CN(C(=O)Cn1cnc2c(oc3ccccc32)c1=O)c1ccc2ccccc2c1. The minimum atomic E-state index is -0.369. The van der Waals surface area contributed by atoms with Gasteiger partial charge in [0.2, 0.25) is 11.5 Å². The van der Waals surface area contributed by atoms with Crippen LogP contribution in [0.3, 0.4) is 0 Å². The molecule has 0 fully saturated rings. The van der Waals surface area contributed by atoms with Gasteiger partial charge in [-0.2, -0.15) is 0 Å². The lowest BCUT2D eigenvalue weighted by Crippen LogP contribution is -2.33. The summed E-state index contributed by atoms with van der Waals surface area (Å²) in [4.78, 5) is 31.5. The highest BCUT2D eigenvalue weighted by Crippen LogP contribution is 2.24. The Bertz CT molecular complexity index is 1450. The van der Waals surface area contributed by atoms with Crippen LogP contribution in [0.5, 0.6) is 0 Å². The molecule has 0 aliphatic rings. The van der Waals surface area contributed by atoms with Gasteiger partial charge in [-0.25, -0.2) is 4.98 Å². The van der Waals surface area contributed by atoms with Crippen LogP contribution in [-0.4, -0.2) is 22.5 Å². The molecule has 0 saturated carbocycles. The van der Waals surface area contributed by atoms with Gasteiger partial charge in [-0.3, -0.25) is 14.2 Å². The monoisotopic (exact) mass is 383 g/mol. The molecule has 0 unspecified atom stereocenters. The molecule has 0 N–H and O–H groups in total. The number of furan rings is 1. The number of aromatic nitrogens is 2. The third-order valence-corrected chi connectivity index (χ3v) is 5.15. The van der Waals surface area contributed by atoms with Gasteiger partial charge in [-0.05, 0) is 35.0 Å². The Morgan fingerprint density at radius 3 is 2.66 bits per heavy atom. The van der Waals surface area contributed by atoms with Crippen LogP contribution in [0.1, 0.15) is 0 Å². The molecule has 142 valence electrons. The van der Waals surface area contributed by atoms with Gasteiger partial charge in [-0.1, -0.05) is 42.5 Å². The maximum absolute atomic E-state index is 12.8. The molecule has 2 heterocycles. The number of para-hydroxylation sites is 1. The van der Waals surface area contributed by atoms with Crippen molar-refractivity contribution in [1.82, 2.24) is 9.55 Å². The Balaban J connectivity index is 1.47.